The van der Waals surface area contributed by atoms with E-state index in [9.17, 15) is 0 Å². The highest BCUT2D eigenvalue weighted by Crippen LogP contribution is 2.44. The molecule has 1 aliphatic carbocycles. The van der Waals surface area contributed by atoms with Crippen molar-refractivity contribution in [3.8, 4) is 0 Å². The molecule has 28 heavy (non-hydrogen) atoms. The fraction of sp³-hybridized carbons (Fsp3) is 0.364. The molecule has 0 saturated heterocycles. The molecule has 1 saturated carbocycles. The molecule has 4 rings (SSSR count). The average molecular weight is 394 g/mol. The van der Waals surface area contributed by atoms with Gasteiger partial charge < -0.3 is 11.5 Å². The van der Waals surface area contributed by atoms with Crippen molar-refractivity contribution in [1.29, 1.82) is 0 Å². The minimum absolute atomic E-state index is 0.287. The Morgan fingerprint density at radius 1 is 0.964 bits per heavy atom. The normalized spacial score (nSPS) is 18.7. The topological polar surface area (TPSA) is 80.0 Å². The quantitative estimate of drug-likeness (QED) is 0.801. The predicted molar refractivity (Wildman–Crippen MR) is 118 cm³/mol. The van der Waals surface area contributed by atoms with E-state index in [0.29, 0.717) is 5.96 Å². The Balaban J connectivity index is 1.77. The van der Waals surface area contributed by atoms with E-state index in [1.165, 1.54) is 22.4 Å². The number of aliphatic imine (C=N–C) groups is 2. The second-order valence-corrected chi connectivity index (χ2v) is 8.74. The van der Waals surface area contributed by atoms with Crippen LogP contribution in [0.1, 0.15) is 43.2 Å². The van der Waals surface area contributed by atoms with Crippen LogP contribution in [0.5, 0.6) is 0 Å². The van der Waals surface area contributed by atoms with Gasteiger partial charge in [0.1, 0.15) is 5.66 Å². The second kappa shape index (κ2) is 7.51. The van der Waals surface area contributed by atoms with E-state index in [0.717, 1.165) is 36.3 Å². The number of hydrogen-bond acceptors (Lipinski definition) is 6. The number of para-hydroxylation sites is 1. The van der Waals surface area contributed by atoms with E-state index in [-0.39, 0.29) is 5.96 Å². The number of hydrogen-bond donors (Lipinski definition) is 2. The maximum absolute atomic E-state index is 6.42. The zero-order valence-corrected chi connectivity index (χ0v) is 17.3. The Kier molecular flexibility index (Phi) is 5.06. The third-order valence-corrected chi connectivity index (χ3v) is 6.75. The van der Waals surface area contributed by atoms with Crippen molar-refractivity contribution in [3.63, 3.8) is 0 Å². The molecule has 2 aromatic rings. The standard InChI is InChI=1S/C22H27N5S/c1-15-10-11-18(16(2)14-15)28-19-9-5-4-8-17(19)27-21(24)25-20(23)26-22(27)12-6-3-7-13-22/h4-5,8-11,14H,3,6-7,12-13H2,1-2H3,(H4,23,24,25,26). The maximum atomic E-state index is 6.42. The maximum Gasteiger partial charge on any atom is 0.220 e. The highest BCUT2D eigenvalue weighted by molar-refractivity contribution is 7.99. The van der Waals surface area contributed by atoms with Crippen molar-refractivity contribution >= 4 is 29.4 Å². The third kappa shape index (κ3) is 3.49. The minimum Gasteiger partial charge on any atom is -0.369 e. The molecule has 1 spiro atoms. The van der Waals surface area contributed by atoms with Gasteiger partial charge >= 0.3 is 0 Å². The monoisotopic (exact) mass is 393 g/mol. The summed E-state index contributed by atoms with van der Waals surface area (Å²) in [6.07, 6.45) is 5.33. The lowest BCUT2D eigenvalue weighted by molar-refractivity contribution is 0.305. The number of anilines is 1. The van der Waals surface area contributed by atoms with Crippen LogP contribution in [0, 0.1) is 13.8 Å². The van der Waals surface area contributed by atoms with Gasteiger partial charge in [-0.25, -0.2) is 4.99 Å². The summed E-state index contributed by atoms with van der Waals surface area (Å²) in [5.41, 5.74) is 15.6. The summed E-state index contributed by atoms with van der Waals surface area (Å²) in [4.78, 5) is 13.6. The lowest BCUT2D eigenvalue weighted by Gasteiger charge is -2.46. The zero-order valence-electron chi connectivity index (χ0n) is 16.5. The number of nitrogens with zero attached hydrogens (tertiary/aromatic N) is 3. The highest BCUT2D eigenvalue weighted by atomic mass is 32.2. The second-order valence-electron chi connectivity index (χ2n) is 7.66. The van der Waals surface area contributed by atoms with Gasteiger partial charge in [0, 0.05) is 9.79 Å². The Morgan fingerprint density at radius 3 is 2.46 bits per heavy atom. The minimum atomic E-state index is -0.423. The number of benzene rings is 2. The van der Waals surface area contributed by atoms with Gasteiger partial charge in [-0.3, -0.25) is 4.90 Å². The summed E-state index contributed by atoms with van der Waals surface area (Å²) >= 11 is 1.76. The largest absolute Gasteiger partial charge is 0.369 e. The van der Waals surface area contributed by atoms with Crippen LogP contribution in [0.3, 0.4) is 0 Å². The van der Waals surface area contributed by atoms with E-state index < -0.39 is 5.66 Å². The number of guanidine groups is 2. The molecular formula is C22H27N5S. The van der Waals surface area contributed by atoms with Gasteiger partial charge in [0.15, 0.2) is 0 Å². The average Bonchev–Trinajstić information content (AvgIpc) is 2.65. The first-order valence-electron chi connectivity index (χ1n) is 9.82. The molecule has 6 heteroatoms. The van der Waals surface area contributed by atoms with Crippen LogP contribution in [0.25, 0.3) is 0 Å². The van der Waals surface area contributed by atoms with E-state index in [2.05, 4.69) is 60.1 Å². The molecule has 0 bridgehead atoms. The van der Waals surface area contributed by atoms with Crippen LogP contribution in [0.2, 0.25) is 0 Å². The zero-order chi connectivity index (χ0) is 19.7. The summed E-state index contributed by atoms with van der Waals surface area (Å²) in [6.45, 7) is 4.28. The fourth-order valence-corrected chi connectivity index (χ4v) is 5.23. The molecule has 2 aromatic carbocycles. The smallest absolute Gasteiger partial charge is 0.220 e. The molecule has 1 heterocycles. The van der Waals surface area contributed by atoms with Crippen molar-refractivity contribution in [1.82, 2.24) is 0 Å². The van der Waals surface area contributed by atoms with Crippen LogP contribution in [-0.4, -0.2) is 17.6 Å². The van der Waals surface area contributed by atoms with E-state index in [1.807, 2.05) is 6.07 Å². The van der Waals surface area contributed by atoms with E-state index >= 15 is 0 Å². The summed E-state index contributed by atoms with van der Waals surface area (Å²) in [5, 5.41) is 0. The van der Waals surface area contributed by atoms with Crippen LogP contribution in [0.15, 0.2) is 62.2 Å². The van der Waals surface area contributed by atoms with Crippen molar-refractivity contribution in [2.75, 3.05) is 4.90 Å². The van der Waals surface area contributed by atoms with Gasteiger partial charge in [0.25, 0.3) is 0 Å². The van der Waals surface area contributed by atoms with Crippen LogP contribution < -0.4 is 16.4 Å². The first kappa shape index (κ1) is 18.9. The third-order valence-electron chi connectivity index (χ3n) is 5.51. The number of rotatable bonds is 3. The SMILES string of the molecule is Cc1ccc(Sc2ccccc2N2C(N)=NC(N)=NC23CCCCC3)c(C)c1. The van der Waals surface area contributed by atoms with E-state index in [4.69, 9.17) is 16.5 Å². The molecule has 2 aliphatic rings. The van der Waals surface area contributed by atoms with Crippen LogP contribution >= 0.6 is 11.8 Å². The summed E-state index contributed by atoms with van der Waals surface area (Å²) in [6, 6.07) is 14.9. The number of aryl methyl sites for hydroxylation is 2. The van der Waals surface area contributed by atoms with Gasteiger partial charge in [-0.1, -0.05) is 48.0 Å². The molecular weight excluding hydrogens is 366 g/mol. The van der Waals surface area contributed by atoms with Gasteiger partial charge in [-0.2, -0.15) is 4.99 Å². The van der Waals surface area contributed by atoms with Gasteiger partial charge in [0.2, 0.25) is 11.9 Å². The molecule has 1 aliphatic heterocycles. The van der Waals surface area contributed by atoms with Crippen LogP contribution in [0.4, 0.5) is 5.69 Å². The molecule has 5 nitrogen and oxygen atoms in total. The fourth-order valence-electron chi connectivity index (χ4n) is 4.23. The molecule has 1 fully saturated rings. The van der Waals surface area contributed by atoms with Gasteiger partial charge in [0.05, 0.1) is 5.69 Å². The lowest BCUT2D eigenvalue weighted by Crippen LogP contribution is -2.58. The predicted octanol–water partition coefficient (Wildman–Crippen LogP) is 4.56. The van der Waals surface area contributed by atoms with E-state index in [1.54, 1.807) is 11.8 Å². The molecule has 4 N–H and O–H groups in total. The Hall–Kier alpha value is -2.47. The lowest BCUT2D eigenvalue weighted by atomic mass is 9.87. The van der Waals surface area contributed by atoms with Gasteiger partial charge in [-0.15, -0.1) is 0 Å². The molecule has 0 radical (unpaired) electrons. The van der Waals surface area contributed by atoms with Crippen molar-refractivity contribution in [3.05, 3.63) is 53.6 Å². The molecule has 0 atom stereocenters. The Labute approximate surface area is 170 Å². The van der Waals surface area contributed by atoms with Crippen molar-refractivity contribution in [2.24, 2.45) is 21.5 Å². The summed E-state index contributed by atoms with van der Waals surface area (Å²) in [5.74, 6) is 0.721. The van der Waals surface area contributed by atoms with Crippen molar-refractivity contribution < 1.29 is 0 Å². The first-order chi connectivity index (χ1) is 13.5. The molecule has 0 unspecified atom stereocenters. The van der Waals surface area contributed by atoms with Crippen molar-refractivity contribution in [2.45, 2.75) is 61.4 Å². The number of nitrogens with two attached hydrogens (primary N) is 2. The molecule has 146 valence electrons. The van der Waals surface area contributed by atoms with Crippen LogP contribution in [-0.2, 0) is 0 Å². The molecule has 0 amide bonds. The highest BCUT2D eigenvalue weighted by Gasteiger charge is 2.43. The summed E-state index contributed by atoms with van der Waals surface area (Å²) in [7, 11) is 0. The summed E-state index contributed by atoms with van der Waals surface area (Å²) < 4.78 is 0. The first-order valence-corrected chi connectivity index (χ1v) is 10.6. The Morgan fingerprint density at radius 2 is 1.71 bits per heavy atom. The Bertz CT molecular complexity index is 944. The van der Waals surface area contributed by atoms with Gasteiger partial charge in [-0.05, 0) is 63.3 Å². The molecule has 0 aromatic heterocycles.